The van der Waals surface area contributed by atoms with Crippen LogP contribution in [0.2, 0.25) is 0 Å². The van der Waals surface area contributed by atoms with Crippen LogP contribution < -0.4 is 20.5 Å². The molecule has 2 N–H and O–H groups in total. The summed E-state index contributed by atoms with van der Waals surface area (Å²) >= 11 is 0. The lowest BCUT2D eigenvalue weighted by Crippen LogP contribution is -2.43. The molecule has 0 fully saturated rings. The van der Waals surface area contributed by atoms with Gasteiger partial charge in [0.25, 0.3) is 11.8 Å². The second-order valence-corrected chi connectivity index (χ2v) is 6.21. The molecule has 0 heterocycles. The van der Waals surface area contributed by atoms with E-state index in [0.29, 0.717) is 11.3 Å². The van der Waals surface area contributed by atoms with Gasteiger partial charge < -0.3 is 9.64 Å². The normalized spacial score (nSPS) is 10.2. The van der Waals surface area contributed by atoms with Crippen molar-refractivity contribution >= 4 is 17.5 Å². The summed E-state index contributed by atoms with van der Waals surface area (Å²) in [6.07, 6.45) is 0. The largest absolute Gasteiger partial charge is 0.483 e. The predicted molar refractivity (Wildman–Crippen MR) is 107 cm³/mol. The lowest BCUT2D eigenvalue weighted by molar-refractivity contribution is -0.123. The van der Waals surface area contributed by atoms with Crippen LogP contribution in [0.15, 0.2) is 42.5 Å². The highest BCUT2D eigenvalue weighted by Crippen LogP contribution is 2.20. The predicted octanol–water partition coefficient (Wildman–Crippen LogP) is 2.99. The number of hydrogen-bond donors (Lipinski definition) is 2. The molecule has 144 valence electrons. The fourth-order valence-electron chi connectivity index (χ4n) is 2.67. The molecular weight excluding hydrogens is 342 g/mol. The molecule has 2 rings (SSSR count). The van der Waals surface area contributed by atoms with Gasteiger partial charge in [0.1, 0.15) is 5.75 Å². The Morgan fingerprint density at radius 2 is 1.63 bits per heavy atom. The zero-order chi connectivity index (χ0) is 19.8. The molecule has 2 aromatic rings. The molecule has 0 aliphatic rings. The van der Waals surface area contributed by atoms with Gasteiger partial charge in [-0.15, -0.1) is 0 Å². The molecule has 2 amide bonds. The number of benzene rings is 2. The van der Waals surface area contributed by atoms with Crippen molar-refractivity contribution in [3.8, 4) is 5.75 Å². The highest BCUT2D eigenvalue weighted by molar-refractivity contribution is 5.95. The van der Waals surface area contributed by atoms with E-state index < -0.39 is 5.91 Å². The molecule has 27 heavy (non-hydrogen) atoms. The average Bonchev–Trinajstić information content (AvgIpc) is 2.68. The van der Waals surface area contributed by atoms with Crippen molar-refractivity contribution in [1.29, 1.82) is 0 Å². The minimum Gasteiger partial charge on any atom is -0.483 e. The number of nitrogens with one attached hydrogen (secondary N) is 2. The first-order chi connectivity index (χ1) is 13.0. The molecule has 0 aliphatic carbocycles. The first-order valence-electron chi connectivity index (χ1n) is 9.09. The van der Waals surface area contributed by atoms with Crippen LogP contribution in [-0.4, -0.2) is 31.5 Å². The lowest BCUT2D eigenvalue weighted by Gasteiger charge is -2.21. The number of aryl methyl sites for hydroxylation is 1. The summed E-state index contributed by atoms with van der Waals surface area (Å²) in [4.78, 5) is 26.3. The van der Waals surface area contributed by atoms with Crippen LogP contribution in [0.25, 0.3) is 0 Å². The van der Waals surface area contributed by atoms with Gasteiger partial charge in [-0.25, -0.2) is 0 Å². The summed E-state index contributed by atoms with van der Waals surface area (Å²) in [7, 11) is 0. The number of carbonyl (C=O) groups excluding carboxylic acids is 2. The van der Waals surface area contributed by atoms with E-state index in [2.05, 4.69) is 29.6 Å². The Bertz CT molecular complexity index is 784. The lowest BCUT2D eigenvalue weighted by atomic mass is 10.1. The van der Waals surface area contributed by atoms with Crippen LogP contribution in [0.3, 0.4) is 0 Å². The van der Waals surface area contributed by atoms with Gasteiger partial charge in [-0.3, -0.25) is 20.4 Å². The zero-order valence-electron chi connectivity index (χ0n) is 16.3. The number of carbonyl (C=O) groups is 2. The molecular formula is C21H27N3O3. The maximum atomic E-state index is 12.2. The molecule has 0 aromatic heterocycles. The Morgan fingerprint density at radius 1 is 0.963 bits per heavy atom. The van der Waals surface area contributed by atoms with E-state index in [1.807, 2.05) is 44.2 Å². The summed E-state index contributed by atoms with van der Waals surface area (Å²) in [6.45, 7) is 9.71. The Hall–Kier alpha value is -3.02. The molecule has 2 aromatic carbocycles. The van der Waals surface area contributed by atoms with Gasteiger partial charge in [0.05, 0.1) is 0 Å². The van der Waals surface area contributed by atoms with E-state index in [1.54, 1.807) is 12.1 Å². The fraction of sp³-hybridized carbons (Fsp3) is 0.333. The van der Waals surface area contributed by atoms with Crippen LogP contribution >= 0.6 is 0 Å². The highest BCUT2D eigenvalue weighted by atomic mass is 16.5. The molecule has 6 nitrogen and oxygen atoms in total. The van der Waals surface area contributed by atoms with Gasteiger partial charge >= 0.3 is 0 Å². The standard InChI is InChI=1S/C21H27N3O3/c1-5-24(6-2)18-12-10-17(11-13-18)21(26)23-22-20(25)14-27-19-9-7-8-15(3)16(19)4/h7-13H,5-6,14H2,1-4H3,(H,22,25)(H,23,26). The molecule has 6 heteroatoms. The SMILES string of the molecule is CCN(CC)c1ccc(C(=O)NNC(=O)COc2cccc(C)c2C)cc1. The molecule has 0 unspecified atom stereocenters. The Kier molecular flexibility index (Phi) is 7.23. The van der Waals surface area contributed by atoms with Crippen LogP contribution in [0, 0.1) is 13.8 Å². The third-order valence-electron chi connectivity index (χ3n) is 4.49. The fourth-order valence-corrected chi connectivity index (χ4v) is 2.67. The Labute approximate surface area is 160 Å². The smallest absolute Gasteiger partial charge is 0.276 e. The second-order valence-electron chi connectivity index (χ2n) is 6.21. The van der Waals surface area contributed by atoms with Crippen molar-refractivity contribution in [2.24, 2.45) is 0 Å². The number of ether oxygens (including phenoxy) is 1. The van der Waals surface area contributed by atoms with E-state index in [0.717, 1.165) is 29.9 Å². The van der Waals surface area contributed by atoms with Crippen LogP contribution in [0.4, 0.5) is 5.69 Å². The minimum atomic E-state index is -0.427. The number of rotatable bonds is 7. The summed E-state index contributed by atoms with van der Waals surface area (Å²) in [5.41, 5.74) is 8.39. The van der Waals surface area contributed by atoms with Crippen LogP contribution in [0.5, 0.6) is 5.75 Å². The highest BCUT2D eigenvalue weighted by Gasteiger charge is 2.10. The number of nitrogens with zero attached hydrogens (tertiary/aromatic N) is 1. The van der Waals surface area contributed by atoms with Crippen LogP contribution in [-0.2, 0) is 4.79 Å². The summed E-state index contributed by atoms with van der Waals surface area (Å²) in [5.74, 6) is -0.145. The molecule has 0 saturated carbocycles. The molecule has 0 saturated heterocycles. The Morgan fingerprint density at radius 3 is 2.26 bits per heavy atom. The van der Waals surface area contributed by atoms with E-state index in [4.69, 9.17) is 4.74 Å². The van der Waals surface area contributed by atoms with Crippen molar-refractivity contribution in [3.05, 3.63) is 59.2 Å². The van der Waals surface area contributed by atoms with Gasteiger partial charge in [-0.2, -0.15) is 0 Å². The van der Waals surface area contributed by atoms with E-state index >= 15 is 0 Å². The monoisotopic (exact) mass is 369 g/mol. The van der Waals surface area contributed by atoms with Crippen molar-refractivity contribution in [2.45, 2.75) is 27.7 Å². The molecule has 0 spiro atoms. The minimum absolute atomic E-state index is 0.175. The quantitative estimate of drug-likeness (QED) is 0.736. The third-order valence-corrected chi connectivity index (χ3v) is 4.49. The van der Waals surface area contributed by atoms with E-state index in [9.17, 15) is 9.59 Å². The van der Waals surface area contributed by atoms with Gasteiger partial charge in [-0.1, -0.05) is 12.1 Å². The van der Waals surface area contributed by atoms with Gasteiger partial charge in [0.15, 0.2) is 6.61 Å². The summed E-state index contributed by atoms with van der Waals surface area (Å²) in [6, 6.07) is 12.9. The van der Waals surface area contributed by atoms with Crippen molar-refractivity contribution in [1.82, 2.24) is 10.9 Å². The van der Waals surface area contributed by atoms with Gasteiger partial charge in [-0.05, 0) is 69.2 Å². The second kappa shape index (κ2) is 9.62. The first-order valence-corrected chi connectivity index (χ1v) is 9.09. The topological polar surface area (TPSA) is 70.7 Å². The zero-order valence-corrected chi connectivity index (χ0v) is 16.3. The van der Waals surface area contributed by atoms with Crippen molar-refractivity contribution in [3.63, 3.8) is 0 Å². The maximum Gasteiger partial charge on any atom is 0.276 e. The Balaban J connectivity index is 1.84. The van der Waals surface area contributed by atoms with E-state index in [1.165, 1.54) is 0 Å². The van der Waals surface area contributed by atoms with Crippen LogP contribution in [0.1, 0.15) is 35.3 Å². The molecule has 0 radical (unpaired) electrons. The molecule has 0 bridgehead atoms. The first kappa shape index (κ1) is 20.3. The number of anilines is 1. The van der Waals surface area contributed by atoms with Gasteiger partial charge in [0, 0.05) is 24.3 Å². The van der Waals surface area contributed by atoms with Crippen molar-refractivity contribution < 1.29 is 14.3 Å². The number of hydrogen-bond acceptors (Lipinski definition) is 4. The number of hydrazine groups is 1. The average molecular weight is 369 g/mol. The third kappa shape index (κ3) is 5.48. The maximum absolute atomic E-state index is 12.2. The van der Waals surface area contributed by atoms with Crippen molar-refractivity contribution in [2.75, 3.05) is 24.6 Å². The molecule has 0 aliphatic heterocycles. The molecule has 0 atom stereocenters. The van der Waals surface area contributed by atoms with Gasteiger partial charge in [0.2, 0.25) is 0 Å². The summed E-state index contributed by atoms with van der Waals surface area (Å²) < 4.78 is 5.52. The number of amides is 2. The van der Waals surface area contributed by atoms with E-state index in [-0.39, 0.29) is 12.5 Å². The summed E-state index contributed by atoms with van der Waals surface area (Å²) in [5, 5.41) is 0.